The summed E-state index contributed by atoms with van der Waals surface area (Å²) in [6, 6.07) is 62.4. The molecule has 0 saturated heterocycles. The van der Waals surface area contributed by atoms with E-state index in [1.807, 2.05) is 144 Å². The third kappa shape index (κ3) is 18.6. The first kappa shape index (κ1) is 52.5. The van der Waals surface area contributed by atoms with Gasteiger partial charge >= 0.3 is 0 Å². The van der Waals surface area contributed by atoms with Crippen molar-refractivity contribution in [1.82, 2.24) is 0 Å². The molecule has 0 aliphatic rings. The third-order valence-corrected chi connectivity index (χ3v) is 7.58. The molecule has 0 fully saturated rings. The summed E-state index contributed by atoms with van der Waals surface area (Å²) in [6.07, 6.45) is 0. The van der Waals surface area contributed by atoms with Gasteiger partial charge in [-0.05, 0) is 59.4 Å². The first-order valence-electron chi connectivity index (χ1n) is 21.0. The highest BCUT2D eigenvalue weighted by atomic mass is 14.3. The Morgan fingerprint density at radius 3 is 0.946 bits per heavy atom. The summed E-state index contributed by atoms with van der Waals surface area (Å²) in [4.78, 5) is 0. The molecule has 0 radical (unpaired) electrons. The van der Waals surface area contributed by atoms with Crippen LogP contribution >= 0.6 is 0 Å². The average Bonchev–Trinajstić information content (AvgIpc) is 3.33. The molecule has 0 amide bonds. The molecule has 6 aromatic carbocycles. The second-order valence-electron chi connectivity index (χ2n) is 10.7. The van der Waals surface area contributed by atoms with Crippen LogP contribution in [0.15, 0.2) is 188 Å². The molecule has 0 aliphatic heterocycles. The minimum absolute atomic E-state index is 0.321. The van der Waals surface area contributed by atoms with E-state index in [2.05, 4.69) is 153 Å². The van der Waals surface area contributed by atoms with Gasteiger partial charge in [0.05, 0.1) is 5.41 Å². The number of benzene rings is 6. The quantitative estimate of drug-likeness (QED) is 0.122. The van der Waals surface area contributed by atoms with Crippen molar-refractivity contribution in [3.8, 4) is 11.8 Å². The van der Waals surface area contributed by atoms with Crippen molar-refractivity contribution in [3.05, 3.63) is 221 Å². The molecular weight excluding hydrogens is 673 g/mol. The predicted molar refractivity (Wildman–Crippen MR) is 255 cm³/mol. The van der Waals surface area contributed by atoms with Gasteiger partial charge in [0.15, 0.2) is 0 Å². The van der Waals surface area contributed by atoms with Gasteiger partial charge in [-0.3, -0.25) is 0 Å². The van der Waals surface area contributed by atoms with Gasteiger partial charge in [-0.15, -0.1) is 5.73 Å². The zero-order chi connectivity index (χ0) is 42.5. The Hall–Kier alpha value is -5.60. The van der Waals surface area contributed by atoms with Crippen LogP contribution in [0, 0.1) is 11.8 Å². The molecule has 0 bridgehead atoms. The fourth-order valence-electron chi connectivity index (χ4n) is 5.04. The molecule has 0 unspecified atom stereocenters. The van der Waals surface area contributed by atoms with Gasteiger partial charge in [0.2, 0.25) is 0 Å². The van der Waals surface area contributed by atoms with E-state index in [4.69, 9.17) is 0 Å². The SMILES string of the molecule is CC.CC.CC.CC.CC.CC.CC(=C=C(c1ccccc1)c1ccccc1)c1ccccc1.CC(C#Cc1ccccc1)(c1ccccc1)c1ccccc1. The van der Waals surface area contributed by atoms with Crippen molar-refractivity contribution in [1.29, 1.82) is 0 Å². The molecule has 0 N–H and O–H groups in total. The van der Waals surface area contributed by atoms with Crippen LogP contribution in [0.3, 0.4) is 0 Å². The second-order valence-corrected chi connectivity index (χ2v) is 10.7. The molecule has 6 aromatic rings. The van der Waals surface area contributed by atoms with Crippen LogP contribution in [0.25, 0.3) is 11.1 Å². The Balaban J connectivity index is 0. The van der Waals surface area contributed by atoms with Crippen molar-refractivity contribution < 1.29 is 0 Å². The van der Waals surface area contributed by atoms with Crippen molar-refractivity contribution in [3.63, 3.8) is 0 Å². The smallest absolute Gasteiger partial charge is 0.0787 e. The second kappa shape index (κ2) is 35.1. The molecule has 56 heavy (non-hydrogen) atoms. The summed E-state index contributed by atoms with van der Waals surface area (Å²) >= 11 is 0. The average molecular weight is 745 g/mol. The first-order chi connectivity index (χ1) is 27.6. The summed E-state index contributed by atoms with van der Waals surface area (Å²) in [6.45, 7) is 28.3. The van der Waals surface area contributed by atoms with E-state index in [0.29, 0.717) is 0 Å². The Labute approximate surface area is 345 Å². The van der Waals surface area contributed by atoms with Crippen LogP contribution in [0.4, 0.5) is 0 Å². The molecular formula is C56H72. The largest absolute Gasteiger partial charge is 0.108 e. The minimum atomic E-state index is -0.321. The molecule has 296 valence electrons. The topological polar surface area (TPSA) is 0 Å². The number of hydrogen-bond donors (Lipinski definition) is 0. The van der Waals surface area contributed by atoms with E-state index >= 15 is 0 Å². The van der Waals surface area contributed by atoms with Crippen molar-refractivity contribution in [2.45, 2.75) is 102 Å². The summed E-state index contributed by atoms with van der Waals surface area (Å²) in [5.41, 5.74) is 12.6. The monoisotopic (exact) mass is 745 g/mol. The molecule has 0 nitrogen and oxygen atoms in total. The third-order valence-electron chi connectivity index (χ3n) is 7.58. The van der Waals surface area contributed by atoms with Gasteiger partial charge in [0.25, 0.3) is 0 Å². The molecule has 6 rings (SSSR count). The minimum Gasteiger partial charge on any atom is -0.108 e. The summed E-state index contributed by atoms with van der Waals surface area (Å²) in [5.74, 6) is 6.83. The summed E-state index contributed by atoms with van der Waals surface area (Å²) in [5, 5.41) is 0. The maximum absolute atomic E-state index is 3.60. The Morgan fingerprint density at radius 2 is 0.625 bits per heavy atom. The molecule has 0 aromatic heterocycles. The van der Waals surface area contributed by atoms with E-state index in [-0.39, 0.29) is 5.41 Å². The molecule has 0 spiro atoms. The fraction of sp³-hybridized carbons (Fsp3) is 0.268. The Kier molecular flexibility index (Phi) is 32.9. The van der Waals surface area contributed by atoms with Gasteiger partial charge in [-0.25, -0.2) is 0 Å². The Bertz CT molecular complexity index is 1770. The molecule has 0 aliphatic carbocycles. The summed E-state index contributed by atoms with van der Waals surface area (Å²) < 4.78 is 0. The van der Waals surface area contributed by atoms with Crippen LogP contribution in [0.5, 0.6) is 0 Å². The van der Waals surface area contributed by atoms with Crippen LogP contribution in [0.1, 0.15) is 130 Å². The summed E-state index contributed by atoms with van der Waals surface area (Å²) in [7, 11) is 0. The van der Waals surface area contributed by atoms with E-state index in [0.717, 1.165) is 16.7 Å². The molecule has 0 heterocycles. The predicted octanol–water partition coefficient (Wildman–Crippen LogP) is 17.0. The number of allylic oxidation sites excluding steroid dienone is 1. The van der Waals surface area contributed by atoms with E-state index < -0.39 is 0 Å². The maximum atomic E-state index is 3.60. The lowest BCUT2D eigenvalue weighted by molar-refractivity contribution is 0.753. The molecule has 0 heteroatoms. The van der Waals surface area contributed by atoms with Gasteiger partial charge in [-0.1, -0.05) is 265 Å². The van der Waals surface area contributed by atoms with Crippen LogP contribution in [-0.2, 0) is 5.41 Å². The highest BCUT2D eigenvalue weighted by Gasteiger charge is 2.26. The van der Waals surface area contributed by atoms with E-state index in [1.54, 1.807) is 0 Å². The Morgan fingerprint density at radius 1 is 0.357 bits per heavy atom. The van der Waals surface area contributed by atoms with Crippen LogP contribution in [-0.4, -0.2) is 0 Å². The standard InChI is InChI=1S/2C22H18.6C2H6/c1-22(20-13-7-3-8-14-20,21-15-9-4-10-16-21)18-17-19-11-5-2-6-12-19;1-18(19-11-5-2-6-12-19)17-22(20-13-7-3-8-14-20)21-15-9-4-10-16-21;6*1-2/h2*2-16H,1H3;6*1-2H3. The fourth-order valence-corrected chi connectivity index (χ4v) is 5.04. The van der Waals surface area contributed by atoms with Crippen molar-refractivity contribution in [2.75, 3.05) is 0 Å². The van der Waals surface area contributed by atoms with E-state index in [9.17, 15) is 0 Å². The van der Waals surface area contributed by atoms with Gasteiger partial charge < -0.3 is 0 Å². The lowest BCUT2D eigenvalue weighted by atomic mass is 9.76. The molecule has 0 saturated carbocycles. The van der Waals surface area contributed by atoms with Gasteiger partial charge in [0, 0.05) is 11.1 Å². The number of rotatable bonds is 5. The lowest BCUT2D eigenvalue weighted by Crippen LogP contribution is -2.21. The normalized spacial score (nSPS) is 8.68. The van der Waals surface area contributed by atoms with Gasteiger partial charge in [-0.2, -0.15) is 0 Å². The maximum Gasteiger partial charge on any atom is 0.0787 e. The highest BCUT2D eigenvalue weighted by Crippen LogP contribution is 2.31. The van der Waals surface area contributed by atoms with Crippen LogP contribution < -0.4 is 0 Å². The zero-order valence-corrected chi connectivity index (χ0v) is 37.3. The zero-order valence-electron chi connectivity index (χ0n) is 37.3. The highest BCUT2D eigenvalue weighted by molar-refractivity contribution is 5.83. The first-order valence-corrected chi connectivity index (χ1v) is 21.0. The molecule has 0 atom stereocenters. The van der Waals surface area contributed by atoms with Gasteiger partial charge in [0.1, 0.15) is 0 Å². The van der Waals surface area contributed by atoms with Crippen molar-refractivity contribution in [2.24, 2.45) is 0 Å². The number of hydrogen-bond acceptors (Lipinski definition) is 0. The van der Waals surface area contributed by atoms with Crippen LogP contribution in [0.2, 0.25) is 0 Å². The van der Waals surface area contributed by atoms with Crippen molar-refractivity contribution >= 4 is 11.1 Å². The van der Waals surface area contributed by atoms with E-state index in [1.165, 1.54) is 27.8 Å². The lowest BCUT2D eigenvalue weighted by Gasteiger charge is -2.25.